The van der Waals surface area contributed by atoms with E-state index in [2.05, 4.69) is 30.0 Å². The lowest BCUT2D eigenvalue weighted by molar-refractivity contribution is 0.0958. The number of pyridine rings is 2. The van der Waals surface area contributed by atoms with Gasteiger partial charge in [-0.05, 0) is 43.5 Å². The van der Waals surface area contributed by atoms with Gasteiger partial charge in [-0.3, -0.25) is 14.5 Å². The molecule has 0 aliphatic carbocycles. The molecule has 2 aliphatic rings. The van der Waals surface area contributed by atoms with Gasteiger partial charge in [-0.25, -0.2) is 4.98 Å². The number of nitrogens with one attached hydrogen (secondary N) is 2. The van der Waals surface area contributed by atoms with Gasteiger partial charge in [0.1, 0.15) is 11.5 Å². The Morgan fingerprint density at radius 3 is 2.39 bits per heavy atom. The number of aromatic nitrogens is 2. The fourth-order valence-corrected chi connectivity index (χ4v) is 4.61. The lowest BCUT2D eigenvalue weighted by Crippen LogP contribution is -2.53. The van der Waals surface area contributed by atoms with Gasteiger partial charge in [0.2, 0.25) is 0 Å². The molecule has 2 aromatic rings. The molecule has 2 saturated heterocycles. The molecular formula is C23H32N6O2. The number of carbonyl (C=O) groups is 1. The van der Waals surface area contributed by atoms with Gasteiger partial charge in [-0.15, -0.1) is 0 Å². The quantitative estimate of drug-likeness (QED) is 0.757. The van der Waals surface area contributed by atoms with Crippen LogP contribution in [0, 0.1) is 0 Å². The fraction of sp³-hybridized carbons (Fsp3) is 0.522. The van der Waals surface area contributed by atoms with Crippen LogP contribution >= 0.6 is 0 Å². The van der Waals surface area contributed by atoms with Gasteiger partial charge in [0.25, 0.3) is 11.5 Å². The summed E-state index contributed by atoms with van der Waals surface area (Å²) in [6.07, 6.45) is 4.78. The summed E-state index contributed by atoms with van der Waals surface area (Å²) >= 11 is 0. The van der Waals surface area contributed by atoms with Crippen LogP contribution in [0.4, 0.5) is 11.5 Å². The van der Waals surface area contributed by atoms with Crippen molar-refractivity contribution >= 4 is 17.4 Å². The molecule has 0 saturated carbocycles. The largest absolute Gasteiger partial charge is 0.368 e. The van der Waals surface area contributed by atoms with Crippen molar-refractivity contribution in [2.45, 2.75) is 32.2 Å². The highest BCUT2D eigenvalue weighted by Crippen LogP contribution is 2.23. The molecule has 0 spiro atoms. The van der Waals surface area contributed by atoms with E-state index < -0.39 is 0 Å². The molecule has 8 heteroatoms. The van der Waals surface area contributed by atoms with Crippen molar-refractivity contribution in [2.24, 2.45) is 0 Å². The highest BCUT2D eigenvalue weighted by atomic mass is 16.1. The predicted octanol–water partition coefficient (Wildman–Crippen LogP) is 1.48. The number of rotatable bonds is 5. The van der Waals surface area contributed by atoms with E-state index in [-0.39, 0.29) is 11.5 Å². The van der Waals surface area contributed by atoms with Gasteiger partial charge < -0.3 is 20.1 Å². The van der Waals surface area contributed by atoms with Crippen LogP contribution in [0.15, 0.2) is 35.3 Å². The van der Waals surface area contributed by atoms with Crippen LogP contribution in [0.2, 0.25) is 0 Å². The van der Waals surface area contributed by atoms with Gasteiger partial charge >= 0.3 is 0 Å². The zero-order valence-electron chi connectivity index (χ0n) is 18.4. The number of H-pyrrole nitrogens is 1. The number of aryl methyl sites for hydroxylation is 1. The number of nitrogens with zero attached hydrogens (tertiary/aromatic N) is 4. The van der Waals surface area contributed by atoms with E-state index in [4.69, 9.17) is 0 Å². The van der Waals surface area contributed by atoms with E-state index >= 15 is 0 Å². The molecule has 4 rings (SSSR count). The van der Waals surface area contributed by atoms with Crippen LogP contribution in [0.1, 0.15) is 35.8 Å². The van der Waals surface area contributed by atoms with Crippen molar-refractivity contribution in [1.82, 2.24) is 20.2 Å². The van der Waals surface area contributed by atoms with Crippen LogP contribution in [0.5, 0.6) is 0 Å². The number of hydrogen-bond donors (Lipinski definition) is 2. The molecule has 31 heavy (non-hydrogen) atoms. The van der Waals surface area contributed by atoms with Crippen molar-refractivity contribution < 1.29 is 4.79 Å². The van der Waals surface area contributed by atoms with Crippen molar-refractivity contribution in [3.05, 3.63) is 52.1 Å². The molecule has 2 N–H and O–H groups in total. The highest BCUT2D eigenvalue weighted by molar-refractivity contribution is 5.92. The zero-order chi connectivity index (χ0) is 21.8. The predicted molar refractivity (Wildman–Crippen MR) is 123 cm³/mol. The van der Waals surface area contributed by atoms with Crippen LogP contribution in [-0.2, 0) is 6.42 Å². The number of anilines is 2. The van der Waals surface area contributed by atoms with Crippen molar-refractivity contribution in [1.29, 1.82) is 0 Å². The van der Waals surface area contributed by atoms with Crippen LogP contribution < -0.4 is 20.7 Å². The number of aromatic amines is 1. The second-order valence-corrected chi connectivity index (χ2v) is 8.27. The van der Waals surface area contributed by atoms with Gasteiger partial charge in [-0.1, -0.05) is 6.92 Å². The van der Waals surface area contributed by atoms with Crippen LogP contribution in [-0.4, -0.2) is 73.1 Å². The first-order valence-corrected chi connectivity index (χ1v) is 11.2. The molecule has 2 fully saturated rings. The summed E-state index contributed by atoms with van der Waals surface area (Å²) in [6, 6.07) is 8.36. The number of piperidine rings is 1. The van der Waals surface area contributed by atoms with E-state index in [0.717, 1.165) is 75.6 Å². The van der Waals surface area contributed by atoms with Crippen molar-refractivity contribution in [2.75, 3.05) is 56.1 Å². The Bertz CT molecular complexity index is 941. The number of amides is 1. The molecule has 0 radical (unpaired) electrons. The highest BCUT2D eigenvalue weighted by Gasteiger charge is 2.28. The topological polar surface area (TPSA) is 84.6 Å². The maximum absolute atomic E-state index is 12.1. The summed E-state index contributed by atoms with van der Waals surface area (Å²) < 4.78 is 0. The average Bonchev–Trinajstić information content (AvgIpc) is 2.84. The Morgan fingerprint density at radius 2 is 1.81 bits per heavy atom. The van der Waals surface area contributed by atoms with E-state index in [0.29, 0.717) is 11.7 Å². The molecule has 8 nitrogen and oxygen atoms in total. The Kier molecular flexibility index (Phi) is 6.56. The van der Waals surface area contributed by atoms with Crippen molar-refractivity contribution in [3.8, 4) is 0 Å². The fourth-order valence-electron chi connectivity index (χ4n) is 4.61. The zero-order valence-corrected chi connectivity index (χ0v) is 18.4. The van der Waals surface area contributed by atoms with E-state index in [9.17, 15) is 9.59 Å². The number of piperazine rings is 1. The minimum Gasteiger partial charge on any atom is -0.368 e. The van der Waals surface area contributed by atoms with E-state index in [1.54, 1.807) is 19.3 Å². The molecule has 0 bridgehead atoms. The smallest absolute Gasteiger partial charge is 0.269 e. The average molecular weight is 425 g/mol. The molecule has 0 unspecified atom stereocenters. The van der Waals surface area contributed by atoms with Gasteiger partial charge in [0.05, 0.1) is 11.9 Å². The summed E-state index contributed by atoms with van der Waals surface area (Å²) in [5.41, 5.74) is 2.40. The number of carbonyl (C=O) groups excluding carboxylic acids is 1. The lowest BCUT2D eigenvalue weighted by Gasteiger charge is -2.43. The van der Waals surface area contributed by atoms with Crippen molar-refractivity contribution in [3.63, 3.8) is 0 Å². The third-order valence-electron chi connectivity index (χ3n) is 6.57. The molecule has 0 atom stereocenters. The Hall–Kier alpha value is -2.87. The molecule has 2 aliphatic heterocycles. The van der Waals surface area contributed by atoms with Gasteiger partial charge in [0, 0.05) is 57.9 Å². The normalized spacial score (nSPS) is 18.3. The maximum atomic E-state index is 12.1. The third kappa shape index (κ3) is 4.74. The molecule has 4 heterocycles. The van der Waals surface area contributed by atoms with Crippen LogP contribution in [0.25, 0.3) is 0 Å². The summed E-state index contributed by atoms with van der Waals surface area (Å²) in [7, 11) is 1.61. The summed E-state index contributed by atoms with van der Waals surface area (Å²) in [4.78, 5) is 38.4. The standard InChI is InChI=1S/C23H32N6O2/c1-3-17-4-7-21(26-22(17)30)29-10-8-18(9-11-29)27-12-14-28(15-13-27)19-5-6-20(25-16-19)23(31)24-2/h4-7,16,18H,3,8-15H2,1-2H3,(H,24,31)(H,26,30). The maximum Gasteiger partial charge on any atom is 0.269 e. The molecular weight excluding hydrogens is 392 g/mol. The second-order valence-electron chi connectivity index (χ2n) is 8.27. The first kappa shape index (κ1) is 21.4. The first-order valence-electron chi connectivity index (χ1n) is 11.2. The minimum atomic E-state index is -0.159. The SMILES string of the molecule is CCc1ccc(N2CCC(N3CCN(c4ccc(C(=O)NC)nc4)CC3)CC2)[nH]c1=O. The summed E-state index contributed by atoms with van der Waals surface area (Å²) in [5, 5.41) is 2.60. The molecule has 2 aromatic heterocycles. The minimum absolute atomic E-state index is 0.0380. The van der Waals surface area contributed by atoms with E-state index in [1.807, 2.05) is 25.1 Å². The summed E-state index contributed by atoms with van der Waals surface area (Å²) in [6.45, 7) is 7.94. The van der Waals surface area contributed by atoms with Crippen LogP contribution in [0.3, 0.4) is 0 Å². The number of hydrogen-bond acceptors (Lipinski definition) is 6. The molecule has 166 valence electrons. The van der Waals surface area contributed by atoms with E-state index in [1.165, 1.54) is 0 Å². The monoisotopic (exact) mass is 424 g/mol. The van der Waals surface area contributed by atoms with Gasteiger partial charge in [-0.2, -0.15) is 0 Å². The Labute approximate surface area is 183 Å². The molecule has 0 aromatic carbocycles. The Morgan fingerprint density at radius 1 is 1.06 bits per heavy atom. The first-order chi connectivity index (χ1) is 15.1. The Balaban J connectivity index is 1.28. The lowest BCUT2D eigenvalue weighted by atomic mass is 10.0. The summed E-state index contributed by atoms with van der Waals surface area (Å²) in [5.74, 6) is 0.784. The van der Waals surface area contributed by atoms with Gasteiger partial charge in [0.15, 0.2) is 0 Å². The second kappa shape index (κ2) is 9.51. The third-order valence-corrected chi connectivity index (χ3v) is 6.57. The molecule has 1 amide bonds.